The number of para-hydroxylation sites is 2. The molecule has 2 aromatic rings. The van der Waals surface area contributed by atoms with Crippen LogP contribution in [0.4, 0.5) is 16.2 Å². The third kappa shape index (κ3) is 6.02. The summed E-state index contributed by atoms with van der Waals surface area (Å²) in [4.78, 5) is 53.1. The number of hydrogen-bond donors (Lipinski definition) is 4. The molecule has 1 aliphatic heterocycles. The molecule has 0 aromatic heterocycles. The molecule has 1 heterocycles. The normalized spacial score (nSPS) is 17.4. The third-order valence-electron chi connectivity index (χ3n) is 6.49. The van der Waals surface area contributed by atoms with Crippen molar-refractivity contribution in [1.82, 2.24) is 10.6 Å². The number of carboxylic acids is 1. The predicted molar refractivity (Wildman–Crippen MR) is 138 cm³/mol. The van der Waals surface area contributed by atoms with Crippen molar-refractivity contribution in [3.05, 3.63) is 60.2 Å². The van der Waals surface area contributed by atoms with Crippen molar-refractivity contribution in [3.63, 3.8) is 0 Å². The maximum atomic E-state index is 13.7. The van der Waals surface area contributed by atoms with Crippen LogP contribution < -0.4 is 20.9 Å². The number of urea groups is 1. The molecule has 4 atom stereocenters. The van der Waals surface area contributed by atoms with E-state index in [4.69, 9.17) is 0 Å². The quantitative estimate of drug-likeness (QED) is 0.425. The molecule has 0 fully saturated rings. The van der Waals surface area contributed by atoms with Crippen LogP contribution in [0.5, 0.6) is 0 Å². The Labute approximate surface area is 211 Å². The van der Waals surface area contributed by atoms with Gasteiger partial charge in [-0.1, -0.05) is 76.6 Å². The smallest absolute Gasteiger partial charge is 0.326 e. The fourth-order valence-electron chi connectivity index (χ4n) is 4.31. The van der Waals surface area contributed by atoms with Crippen LogP contribution in [0.2, 0.25) is 0 Å². The summed E-state index contributed by atoms with van der Waals surface area (Å²) in [6, 6.07) is 12.6. The van der Waals surface area contributed by atoms with Crippen LogP contribution in [0.15, 0.2) is 54.6 Å². The minimum absolute atomic E-state index is 0.152. The molecule has 4 amide bonds. The zero-order valence-electron chi connectivity index (χ0n) is 21.0. The van der Waals surface area contributed by atoms with Crippen molar-refractivity contribution >= 4 is 35.2 Å². The van der Waals surface area contributed by atoms with E-state index in [1.807, 2.05) is 51.1 Å². The highest BCUT2D eigenvalue weighted by molar-refractivity contribution is 6.12. The van der Waals surface area contributed by atoms with Crippen LogP contribution in [-0.4, -0.2) is 47.0 Å². The minimum Gasteiger partial charge on any atom is -0.480 e. The molecule has 192 valence electrons. The minimum atomic E-state index is -1.14. The van der Waals surface area contributed by atoms with Crippen molar-refractivity contribution in [3.8, 4) is 0 Å². The zero-order chi connectivity index (χ0) is 26.4. The summed E-state index contributed by atoms with van der Waals surface area (Å²) in [6.07, 6.45) is 0.710. The number of benzene rings is 2. The monoisotopic (exact) mass is 494 g/mol. The highest BCUT2D eigenvalue weighted by Crippen LogP contribution is 2.34. The first kappa shape index (κ1) is 26.7. The van der Waals surface area contributed by atoms with Crippen molar-refractivity contribution in [2.24, 2.45) is 11.8 Å². The van der Waals surface area contributed by atoms with E-state index in [1.165, 1.54) is 4.90 Å². The first-order chi connectivity index (χ1) is 17.1. The van der Waals surface area contributed by atoms with E-state index in [-0.39, 0.29) is 24.2 Å². The van der Waals surface area contributed by atoms with Crippen LogP contribution in [0.1, 0.15) is 39.7 Å². The number of amides is 4. The van der Waals surface area contributed by atoms with E-state index in [1.54, 1.807) is 31.2 Å². The van der Waals surface area contributed by atoms with Gasteiger partial charge in [-0.15, -0.1) is 0 Å². The van der Waals surface area contributed by atoms with Crippen LogP contribution in [-0.2, 0) is 20.8 Å². The second kappa shape index (κ2) is 11.7. The number of nitrogens with one attached hydrogen (secondary N) is 3. The highest BCUT2D eigenvalue weighted by Gasteiger charge is 2.40. The number of carboxylic acid groups (broad SMARTS) is 1. The van der Waals surface area contributed by atoms with E-state index in [0.717, 1.165) is 5.56 Å². The van der Waals surface area contributed by atoms with Gasteiger partial charge in [0.25, 0.3) is 0 Å². The average molecular weight is 495 g/mol. The molecule has 0 saturated carbocycles. The molecule has 9 nitrogen and oxygen atoms in total. The molecule has 4 N–H and O–H groups in total. The summed E-state index contributed by atoms with van der Waals surface area (Å²) in [7, 11) is 0. The number of carbonyl (C=O) groups is 4. The second-order valence-corrected chi connectivity index (χ2v) is 9.47. The largest absolute Gasteiger partial charge is 0.480 e. The van der Waals surface area contributed by atoms with Gasteiger partial charge in [-0.25, -0.2) is 9.59 Å². The summed E-state index contributed by atoms with van der Waals surface area (Å²) in [5.41, 5.74) is 1.82. The summed E-state index contributed by atoms with van der Waals surface area (Å²) in [5, 5.41) is 17.9. The van der Waals surface area contributed by atoms with Gasteiger partial charge in [-0.2, -0.15) is 0 Å². The van der Waals surface area contributed by atoms with Gasteiger partial charge >= 0.3 is 12.0 Å². The van der Waals surface area contributed by atoms with Gasteiger partial charge in [0.05, 0.1) is 11.4 Å². The predicted octanol–water partition coefficient (Wildman–Crippen LogP) is 3.41. The Bertz CT molecular complexity index is 1100. The number of fused-ring (bicyclic) bond motifs is 1. The highest BCUT2D eigenvalue weighted by atomic mass is 16.4. The Morgan fingerprint density at radius 3 is 2.25 bits per heavy atom. The molecule has 3 rings (SSSR count). The Balaban J connectivity index is 1.93. The van der Waals surface area contributed by atoms with Crippen LogP contribution in [0.3, 0.4) is 0 Å². The Kier molecular flexibility index (Phi) is 8.68. The molecular weight excluding hydrogens is 460 g/mol. The van der Waals surface area contributed by atoms with E-state index in [9.17, 15) is 24.3 Å². The van der Waals surface area contributed by atoms with Gasteiger partial charge in [-0.3, -0.25) is 14.5 Å². The van der Waals surface area contributed by atoms with Crippen LogP contribution in [0.25, 0.3) is 0 Å². The maximum absolute atomic E-state index is 13.7. The molecular formula is C27H34N4O5. The standard InChI is InChI=1S/C27H34N4O5/c1-5-17(4)22(26(34)35)30-24(32)20(15-18-11-7-6-8-12-18)29-27(36)31-21-14-10-9-13-19(21)28-25(33)23(31)16(2)3/h6-14,16-17,20,22-23H,5,15H2,1-4H3,(H,28,33)(H,29,36)(H,30,32)(H,34,35)/t17-,20-,22-,23+/m1/s1. The molecule has 0 aliphatic carbocycles. The molecule has 0 unspecified atom stereocenters. The van der Waals surface area contributed by atoms with Crippen molar-refractivity contribution in [1.29, 1.82) is 0 Å². The molecule has 9 heteroatoms. The lowest BCUT2D eigenvalue weighted by atomic mass is 9.97. The van der Waals surface area contributed by atoms with Gasteiger partial charge in [0.15, 0.2) is 0 Å². The van der Waals surface area contributed by atoms with Gasteiger partial charge in [0.1, 0.15) is 18.1 Å². The summed E-state index contributed by atoms with van der Waals surface area (Å²) in [6.45, 7) is 7.29. The maximum Gasteiger partial charge on any atom is 0.326 e. The van der Waals surface area contributed by atoms with Crippen molar-refractivity contribution in [2.45, 2.75) is 58.7 Å². The molecule has 36 heavy (non-hydrogen) atoms. The Morgan fingerprint density at radius 2 is 1.64 bits per heavy atom. The molecule has 1 aliphatic rings. The lowest BCUT2D eigenvalue weighted by Crippen LogP contribution is -2.61. The topological polar surface area (TPSA) is 128 Å². The summed E-state index contributed by atoms with van der Waals surface area (Å²) >= 11 is 0. The second-order valence-electron chi connectivity index (χ2n) is 9.47. The fraction of sp³-hybridized carbons (Fsp3) is 0.407. The molecule has 0 radical (unpaired) electrons. The number of carbonyl (C=O) groups excluding carboxylic acids is 3. The molecule has 2 aromatic carbocycles. The SMILES string of the molecule is CC[C@@H](C)[C@@H](NC(=O)[C@@H](Cc1ccccc1)NC(=O)N1c2ccccc2NC(=O)[C@@H]1C(C)C)C(=O)O. The lowest BCUT2D eigenvalue weighted by molar-refractivity contribution is -0.143. The van der Waals surface area contributed by atoms with Crippen molar-refractivity contribution < 1.29 is 24.3 Å². The lowest BCUT2D eigenvalue weighted by Gasteiger charge is -2.39. The summed E-state index contributed by atoms with van der Waals surface area (Å²) in [5.74, 6) is -2.56. The number of aliphatic carboxylic acids is 1. The first-order valence-corrected chi connectivity index (χ1v) is 12.2. The number of hydrogen-bond acceptors (Lipinski definition) is 4. The first-order valence-electron chi connectivity index (χ1n) is 12.2. The number of anilines is 2. The van der Waals surface area contributed by atoms with Gasteiger partial charge in [0, 0.05) is 6.42 Å². The van der Waals surface area contributed by atoms with Gasteiger partial charge in [-0.05, 0) is 29.5 Å². The van der Waals surface area contributed by atoms with Crippen molar-refractivity contribution in [2.75, 3.05) is 10.2 Å². The fourth-order valence-corrected chi connectivity index (χ4v) is 4.31. The third-order valence-corrected chi connectivity index (χ3v) is 6.49. The molecule has 0 saturated heterocycles. The molecule has 0 spiro atoms. The van der Waals surface area contributed by atoms with Gasteiger partial charge < -0.3 is 21.1 Å². The number of rotatable bonds is 9. The Morgan fingerprint density at radius 1 is 1.00 bits per heavy atom. The van der Waals surface area contributed by atoms with E-state index >= 15 is 0 Å². The summed E-state index contributed by atoms with van der Waals surface area (Å²) < 4.78 is 0. The van der Waals surface area contributed by atoms with Gasteiger partial charge in [0.2, 0.25) is 11.8 Å². The number of nitrogens with zero attached hydrogens (tertiary/aromatic N) is 1. The van der Waals surface area contributed by atoms with E-state index < -0.39 is 36.0 Å². The Hall–Kier alpha value is -3.88. The zero-order valence-corrected chi connectivity index (χ0v) is 21.0. The average Bonchev–Trinajstić information content (AvgIpc) is 2.85. The van der Waals surface area contributed by atoms with E-state index in [2.05, 4.69) is 16.0 Å². The van der Waals surface area contributed by atoms with Crippen LogP contribution in [0, 0.1) is 11.8 Å². The van der Waals surface area contributed by atoms with E-state index in [0.29, 0.717) is 17.8 Å². The molecule has 0 bridgehead atoms. The van der Waals surface area contributed by atoms with Crippen LogP contribution >= 0.6 is 0 Å².